The summed E-state index contributed by atoms with van der Waals surface area (Å²) in [5.74, 6) is 1.88. The van der Waals surface area contributed by atoms with E-state index in [-0.39, 0.29) is 5.41 Å². The molecule has 4 aromatic heterocycles. The summed E-state index contributed by atoms with van der Waals surface area (Å²) in [5.41, 5.74) is 14.5. The van der Waals surface area contributed by atoms with Crippen molar-refractivity contribution in [2.24, 2.45) is 0 Å². The predicted molar refractivity (Wildman–Crippen MR) is 278 cm³/mol. The van der Waals surface area contributed by atoms with Gasteiger partial charge in [0.1, 0.15) is 11.2 Å². The molecule has 6 heteroatoms. The Kier molecular flexibility index (Phi) is 8.04. The number of fused-ring (bicyclic) bond motifs is 12. The van der Waals surface area contributed by atoms with E-state index in [0.717, 1.165) is 55.1 Å². The van der Waals surface area contributed by atoms with Crippen molar-refractivity contribution in [1.82, 2.24) is 15.0 Å². The van der Waals surface area contributed by atoms with Crippen LogP contribution < -0.4 is 0 Å². The second-order valence-electron chi connectivity index (χ2n) is 17.9. The number of furan rings is 1. The number of hydrogen-bond donors (Lipinski definition) is 0. The number of benzene rings is 9. The molecule has 4 heterocycles. The Morgan fingerprint density at radius 2 is 0.909 bits per heavy atom. The van der Waals surface area contributed by atoms with Crippen LogP contribution in [0.15, 0.2) is 192 Å². The summed E-state index contributed by atoms with van der Waals surface area (Å²) in [5, 5.41) is 6.86. The van der Waals surface area contributed by atoms with Gasteiger partial charge in [-0.25, -0.2) is 15.0 Å². The van der Waals surface area contributed by atoms with Crippen LogP contribution in [-0.2, 0) is 5.41 Å². The normalized spacial score (nSPS) is 13.1. The van der Waals surface area contributed by atoms with Gasteiger partial charge in [0.25, 0.3) is 0 Å². The summed E-state index contributed by atoms with van der Waals surface area (Å²) in [6.45, 7) is 4.66. The maximum atomic E-state index is 6.59. The molecule has 0 spiro atoms. The monoisotopic (exact) mass is 879 g/mol. The average molecular weight is 880 g/mol. The first-order valence-electron chi connectivity index (χ1n) is 22.3. The highest BCUT2D eigenvalue weighted by atomic mass is 32.1. The molecule has 0 aliphatic heterocycles. The van der Waals surface area contributed by atoms with Crippen LogP contribution in [0.1, 0.15) is 25.0 Å². The van der Waals surface area contributed by atoms with E-state index in [4.69, 9.17) is 19.4 Å². The molecule has 66 heavy (non-hydrogen) atoms. The van der Waals surface area contributed by atoms with Gasteiger partial charge in [-0.15, -0.1) is 22.7 Å². The first-order valence-corrected chi connectivity index (χ1v) is 24.0. The number of nitrogens with zero attached hydrogens (tertiary/aromatic N) is 3. The van der Waals surface area contributed by atoms with Gasteiger partial charge in [0.05, 0.1) is 0 Å². The fourth-order valence-electron chi connectivity index (χ4n) is 10.5. The molecule has 1 aliphatic rings. The highest BCUT2D eigenvalue weighted by Crippen LogP contribution is 2.50. The molecule has 9 aromatic carbocycles. The smallest absolute Gasteiger partial charge is 0.164 e. The molecular formula is C60H37N3OS2. The topological polar surface area (TPSA) is 51.8 Å². The summed E-state index contributed by atoms with van der Waals surface area (Å²) in [6, 6.07) is 67.7. The standard InChI is InChI=1S/C60H37N3OS2/c1-60(2)47-16-6-3-11-39(47)45-31-36(26-29-48(45)60)34-21-23-35(24-22-34)37-27-30-49-46(32-37)55-43(14-9-17-50(55)64-49)58-61-57(38-25-28-41-40-12-4-7-18-51(40)66-54(41)33-38)62-59(63-58)44-15-10-20-53-56(44)42-13-5-8-19-52(42)65-53/h3-33H,1-2H3. The van der Waals surface area contributed by atoms with Crippen molar-refractivity contribution in [2.75, 3.05) is 0 Å². The van der Waals surface area contributed by atoms with Gasteiger partial charge in [0.2, 0.25) is 0 Å². The van der Waals surface area contributed by atoms with Gasteiger partial charge in [-0.3, -0.25) is 0 Å². The second kappa shape index (κ2) is 14.1. The summed E-state index contributed by atoms with van der Waals surface area (Å²) in [7, 11) is 0. The van der Waals surface area contributed by atoms with Crippen molar-refractivity contribution in [3.05, 3.63) is 199 Å². The Balaban J connectivity index is 0.909. The number of thiophene rings is 2. The van der Waals surface area contributed by atoms with Crippen molar-refractivity contribution in [2.45, 2.75) is 19.3 Å². The molecule has 0 radical (unpaired) electrons. The molecule has 0 saturated carbocycles. The first-order chi connectivity index (χ1) is 32.4. The zero-order chi connectivity index (χ0) is 43.7. The number of hydrogen-bond acceptors (Lipinski definition) is 6. The SMILES string of the molecule is CC1(C)c2ccccc2-c2cc(-c3ccc(-c4ccc5oc6cccc(-c7nc(-c8ccc9c(c8)sc8ccccc89)nc(-c8cccc9sc%10ccccc%10c89)n7)c6c5c4)cc3)ccc21. The Bertz CT molecular complexity index is 4150. The molecule has 0 amide bonds. The van der Waals surface area contributed by atoms with Crippen LogP contribution in [0.4, 0.5) is 0 Å². The van der Waals surface area contributed by atoms with Gasteiger partial charge in [-0.05, 0) is 93.0 Å². The Morgan fingerprint density at radius 3 is 1.73 bits per heavy atom. The van der Waals surface area contributed by atoms with Crippen LogP contribution in [0.5, 0.6) is 0 Å². The summed E-state index contributed by atoms with van der Waals surface area (Å²) < 4.78 is 11.5. The van der Waals surface area contributed by atoms with E-state index in [9.17, 15) is 0 Å². The van der Waals surface area contributed by atoms with Crippen molar-refractivity contribution in [3.63, 3.8) is 0 Å². The van der Waals surface area contributed by atoms with Crippen molar-refractivity contribution in [3.8, 4) is 67.5 Å². The summed E-state index contributed by atoms with van der Waals surface area (Å²) in [6.07, 6.45) is 0. The molecule has 0 bridgehead atoms. The van der Waals surface area contributed by atoms with E-state index in [0.29, 0.717) is 17.5 Å². The highest BCUT2D eigenvalue weighted by molar-refractivity contribution is 7.26. The van der Waals surface area contributed by atoms with E-state index >= 15 is 0 Å². The van der Waals surface area contributed by atoms with Crippen LogP contribution >= 0.6 is 22.7 Å². The second-order valence-corrected chi connectivity index (χ2v) is 20.1. The first kappa shape index (κ1) is 37.6. The van der Waals surface area contributed by atoms with E-state index < -0.39 is 0 Å². The lowest BCUT2D eigenvalue weighted by Crippen LogP contribution is -2.14. The Hall–Kier alpha value is -7.77. The fourth-order valence-corrected chi connectivity index (χ4v) is 12.8. The highest BCUT2D eigenvalue weighted by Gasteiger charge is 2.35. The predicted octanol–water partition coefficient (Wildman–Crippen LogP) is 17.1. The average Bonchev–Trinajstić information content (AvgIpc) is 4.11. The largest absolute Gasteiger partial charge is 0.456 e. The fraction of sp³-hybridized carbons (Fsp3) is 0.0500. The molecular weight excluding hydrogens is 843 g/mol. The van der Waals surface area contributed by atoms with Gasteiger partial charge < -0.3 is 4.42 Å². The van der Waals surface area contributed by atoms with E-state index in [2.05, 4.69) is 190 Å². The van der Waals surface area contributed by atoms with Crippen LogP contribution in [-0.4, -0.2) is 15.0 Å². The Labute approximate surface area is 388 Å². The molecule has 1 aliphatic carbocycles. The van der Waals surface area contributed by atoms with Crippen LogP contribution in [0, 0.1) is 0 Å². The van der Waals surface area contributed by atoms with Crippen LogP contribution in [0.25, 0.3) is 130 Å². The summed E-state index contributed by atoms with van der Waals surface area (Å²) in [4.78, 5) is 16.0. The molecule has 0 unspecified atom stereocenters. The maximum Gasteiger partial charge on any atom is 0.164 e. The van der Waals surface area contributed by atoms with Crippen molar-refractivity contribution < 1.29 is 4.42 Å². The van der Waals surface area contributed by atoms with E-state index in [1.807, 2.05) is 12.1 Å². The minimum absolute atomic E-state index is 0.0127. The molecule has 13 aromatic rings. The zero-order valence-corrected chi connectivity index (χ0v) is 37.6. The van der Waals surface area contributed by atoms with Gasteiger partial charge in [-0.2, -0.15) is 0 Å². The molecule has 0 atom stereocenters. The van der Waals surface area contributed by atoms with E-state index in [1.165, 1.54) is 68.3 Å². The lowest BCUT2D eigenvalue weighted by atomic mass is 9.82. The third kappa shape index (κ3) is 5.65. The third-order valence-corrected chi connectivity index (χ3v) is 16.1. The lowest BCUT2D eigenvalue weighted by Gasteiger charge is -2.21. The molecule has 0 N–H and O–H groups in total. The molecule has 4 nitrogen and oxygen atoms in total. The quantitative estimate of drug-likeness (QED) is 0.173. The number of aromatic nitrogens is 3. The lowest BCUT2D eigenvalue weighted by molar-refractivity contribution is 0.660. The van der Waals surface area contributed by atoms with Crippen LogP contribution in [0.3, 0.4) is 0 Å². The summed E-state index contributed by atoms with van der Waals surface area (Å²) >= 11 is 3.60. The zero-order valence-electron chi connectivity index (χ0n) is 36.0. The molecule has 0 saturated heterocycles. The molecule has 0 fully saturated rings. The third-order valence-electron chi connectivity index (χ3n) is 13.8. The van der Waals surface area contributed by atoms with Gasteiger partial charge in [0.15, 0.2) is 17.5 Å². The minimum Gasteiger partial charge on any atom is -0.456 e. The van der Waals surface area contributed by atoms with Gasteiger partial charge >= 0.3 is 0 Å². The van der Waals surface area contributed by atoms with E-state index in [1.54, 1.807) is 22.7 Å². The van der Waals surface area contributed by atoms with Crippen molar-refractivity contribution >= 4 is 85.0 Å². The van der Waals surface area contributed by atoms with Crippen molar-refractivity contribution in [1.29, 1.82) is 0 Å². The van der Waals surface area contributed by atoms with Gasteiger partial charge in [-0.1, -0.05) is 153 Å². The number of rotatable bonds is 5. The maximum absolute atomic E-state index is 6.59. The molecule has 14 rings (SSSR count). The van der Waals surface area contributed by atoms with Gasteiger partial charge in [0, 0.05) is 73.2 Å². The van der Waals surface area contributed by atoms with Crippen LogP contribution in [0.2, 0.25) is 0 Å². The molecule has 310 valence electrons. The minimum atomic E-state index is -0.0127. The Morgan fingerprint density at radius 1 is 0.348 bits per heavy atom.